The number of carboxylic acid groups (broad SMARTS) is 1. The first-order chi connectivity index (χ1) is 10.7. The lowest BCUT2D eigenvalue weighted by molar-refractivity contribution is 0.123. The van der Waals surface area contributed by atoms with Gasteiger partial charge < -0.3 is 15.0 Å². The van der Waals surface area contributed by atoms with E-state index in [-0.39, 0.29) is 17.5 Å². The molecular weight excluding hydrogens is 302 g/mol. The fourth-order valence-corrected chi connectivity index (χ4v) is 2.38. The van der Waals surface area contributed by atoms with Crippen molar-refractivity contribution >= 4 is 6.09 Å². The summed E-state index contributed by atoms with van der Waals surface area (Å²) in [6.45, 7) is 6.46. The summed E-state index contributed by atoms with van der Waals surface area (Å²) in [4.78, 5) is 15.6. The number of H-pyrrole nitrogens is 1. The molecule has 0 fully saturated rings. The first-order valence-electron chi connectivity index (χ1n) is 7.26. The summed E-state index contributed by atoms with van der Waals surface area (Å²) in [6.07, 6.45) is 0.632. The number of amides is 1. The Kier molecular flexibility index (Phi) is 4.73. The van der Waals surface area contributed by atoms with Gasteiger partial charge in [0.2, 0.25) is 0 Å². The molecule has 1 aromatic heterocycles. The number of benzene rings is 1. The molecule has 0 saturated heterocycles. The van der Waals surface area contributed by atoms with Gasteiger partial charge in [-0.05, 0) is 29.2 Å². The topological polar surface area (TPSA) is 56.3 Å². The molecule has 0 aliphatic heterocycles. The number of halogens is 2. The number of hydrogen-bond donors (Lipinski definition) is 2. The van der Waals surface area contributed by atoms with Gasteiger partial charge in [-0.3, -0.25) is 0 Å². The minimum atomic E-state index is -1.00. The first-order valence-corrected chi connectivity index (χ1v) is 7.26. The number of aromatic amines is 1. The smallest absolute Gasteiger partial charge is 0.407 e. The number of aromatic nitrogens is 1. The van der Waals surface area contributed by atoms with Crippen LogP contribution in [0.3, 0.4) is 0 Å². The Morgan fingerprint density at radius 3 is 2.52 bits per heavy atom. The van der Waals surface area contributed by atoms with Crippen LogP contribution in [0.4, 0.5) is 13.6 Å². The molecule has 0 saturated carbocycles. The van der Waals surface area contributed by atoms with E-state index >= 15 is 0 Å². The zero-order chi connectivity index (χ0) is 17.2. The van der Waals surface area contributed by atoms with Crippen molar-refractivity contribution in [3.63, 3.8) is 0 Å². The van der Waals surface area contributed by atoms with Crippen LogP contribution < -0.4 is 0 Å². The van der Waals surface area contributed by atoms with Gasteiger partial charge in [-0.1, -0.05) is 20.8 Å². The molecule has 1 amide bonds. The second kappa shape index (κ2) is 6.40. The maximum absolute atomic E-state index is 13.8. The molecule has 0 aliphatic rings. The molecule has 0 spiro atoms. The maximum atomic E-state index is 13.8. The van der Waals surface area contributed by atoms with Crippen LogP contribution in [0.2, 0.25) is 0 Å². The molecule has 23 heavy (non-hydrogen) atoms. The van der Waals surface area contributed by atoms with E-state index in [9.17, 15) is 18.7 Å². The lowest BCUT2D eigenvalue weighted by Crippen LogP contribution is -2.36. The van der Waals surface area contributed by atoms with Gasteiger partial charge in [0.05, 0.1) is 6.54 Å². The Morgan fingerprint density at radius 1 is 1.26 bits per heavy atom. The Morgan fingerprint density at radius 2 is 1.96 bits per heavy atom. The van der Waals surface area contributed by atoms with Crippen LogP contribution in [-0.4, -0.2) is 27.6 Å². The second-order valence-corrected chi connectivity index (χ2v) is 6.75. The molecule has 2 aromatic rings. The van der Waals surface area contributed by atoms with E-state index in [0.717, 1.165) is 11.6 Å². The van der Waals surface area contributed by atoms with Crippen molar-refractivity contribution in [3.05, 3.63) is 47.7 Å². The molecule has 0 bridgehead atoms. The van der Waals surface area contributed by atoms with Gasteiger partial charge in [0.1, 0.15) is 11.6 Å². The predicted octanol–water partition coefficient (Wildman–Crippen LogP) is 4.49. The average Bonchev–Trinajstić information content (AvgIpc) is 2.84. The van der Waals surface area contributed by atoms with Crippen LogP contribution in [0.25, 0.3) is 11.3 Å². The third-order valence-electron chi connectivity index (χ3n) is 3.27. The summed E-state index contributed by atoms with van der Waals surface area (Å²) in [7, 11) is 0. The van der Waals surface area contributed by atoms with E-state index in [2.05, 4.69) is 4.98 Å². The van der Waals surface area contributed by atoms with Crippen molar-refractivity contribution in [2.45, 2.75) is 27.3 Å². The number of nitrogens with zero attached hydrogens (tertiary/aromatic N) is 1. The third-order valence-corrected chi connectivity index (χ3v) is 3.27. The van der Waals surface area contributed by atoms with Crippen LogP contribution in [-0.2, 0) is 6.54 Å². The molecule has 2 rings (SSSR count). The van der Waals surface area contributed by atoms with Crippen molar-refractivity contribution in [3.8, 4) is 11.3 Å². The van der Waals surface area contributed by atoms with Gasteiger partial charge in [-0.15, -0.1) is 0 Å². The number of rotatable bonds is 4. The molecule has 6 heteroatoms. The van der Waals surface area contributed by atoms with Crippen molar-refractivity contribution < 1.29 is 18.7 Å². The molecule has 124 valence electrons. The van der Waals surface area contributed by atoms with Gasteiger partial charge in [0, 0.05) is 30.1 Å². The van der Waals surface area contributed by atoms with Crippen molar-refractivity contribution in [1.82, 2.24) is 9.88 Å². The largest absolute Gasteiger partial charge is 0.465 e. The predicted molar refractivity (Wildman–Crippen MR) is 84.0 cm³/mol. The van der Waals surface area contributed by atoms with Crippen LogP contribution >= 0.6 is 0 Å². The summed E-state index contributed by atoms with van der Waals surface area (Å²) < 4.78 is 26.8. The minimum absolute atomic E-state index is 0.166. The van der Waals surface area contributed by atoms with Gasteiger partial charge in [-0.25, -0.2) is 13.6 Å². The molecule has 0 aliphatic carbocycles. The Hall–Kier alpha value is -2.37. The number of hydrogen-bond acceptors (Lipinski definition) is 1. The second-order valence-electron chi connectivity index (χ2n) is 6.75. The lowest BCUT2D eigenvalue weighted by Gasteiger charge is -2.27. The lowest BCUT2D eigenvalue weighted by atomic mass is 9.96. The number of nitrogens with one attached hydrogen (secondary N) is 1. The van der Waals surface area contributed by atoms with Crippen LogP contribution in [0.15, 0.2) is 30.5 Å². The summed E-state index contributed by atoms with van der Waals surface area (Å²) in [5, 5.41) is 9.31. The molecule has 1 aromatic carbocycles. The van der Waals surface area contributed by atoms with Crippen molar-refractivity contribution in [2.24, 2.45) is 5.41 Å². The molecule has 4 nitrogen and oxygen atoms in total. The quantitative estimate of drug-likeness (QED) is 0.871. The molecule has 1 heterocycles. The molecule has 0 radical (unpaired) electrons. The highest BCUT2D eigenvalue weighted by atomic mass is 19.1. The van der Waals surface area contributed by atoms with Gasteiger partial charge >= 0.3 is 6.09 Å². The van der Waals surface area contributed by atoms with Crippen LogP contribution in [0.5, 0.6) is 0 Å². The summed E-state index contributed by atoms with van der Waals surface area (Å²) >= 11 is 0. The molecule has 2 N–H and O–H groups in total. The van der Waals surface area contributed by atoms with Crippen LogP contribution in [0, 0.1) is 17.0 Å². The highest BCUT2D eigenvalue weighted by Crippen LogP contribution is 2.24. The Labute approximate surface area is 133 Å². The van der Waals surface area contributed by atoms with E-state index in [1.165, 1.54) is 17.0 Å². The van der Waals surface area contributed by atoms with E-state index in [1.54, 1.807) is 12.3 Å². The highest BCUT2D eigenvalue weighted by Gasteiger charge is 2.21. The third kappa shape index (κ3) is 4.55. The molecular formula is C17H20F2N2O2. The fourth-order valence-electron chi connectivity index (χ4n) is 2.38. The SMILES string of the molecule is CC(C)(C)CN(Cc1c[nH]c(-c2ccc(F)cc2F)c1)C(=O)O. The standard InChI is InChI=1S/C17H20F2N2O2/c1-17(2,3)10-21(16(22)23)9-11-6-15(20-8-11)13-5-4-12(18)7-14(13)19/h4-8,20H,9-10H2,1-3H3,(H,22,23). The average molecular weight is 322 g/mol. The molecule has 0 atom stereocenters. The zero-order valence-electron chi connectivity index (χ0n) is 13.4. The van der Waals surface area contributed by atoms with Gasteiger partial charge in [0.15, 0.2) is 0 Å². The van der Waals surface area contributed by atoms with E-state index in [4.69, 9.17) is 0 Å². The van der Waals surface area contributed by atoms with E-state index in [0.29, 0.717) is 12.2 Å². The summed E-state index contributed by atoms with van der Waals surface area (Å²) in [5.74, 6) is -1.30. The number of carbonyl (C=O) groups is 1. The highest BCUT2D eigenvalue weighted by molar-refractivity contribution is 5.65. The summed E-state index contributed by atoms with van der Waals surface area (Å²) in [5.41, 5.74) is 1.28. The fraction of sp³-hybridized carbons (Fsp3) is 0.353. The minimum Gasteiger partial charge on any atom is -0.465 e. The van der Waals surface area contributed by atoms with Crippen molar-refractivity contribution in [2.75, 3.05) is 6.54 Å². The normalized spacial score (nSPS) is 11.5. The van der Waals surface area contributed by atoms with Crippen LogP contribution in [0.1, 0.15) is 26.3 Å². The van der Waals surface area contributed by atoms with Crippen molar-refractivity contribution in [1.29, 1.82) is 0 Å². The Balaban J connectivity index is 2.19. The van der Waals surface area contributed by atoms with Gasteiger partial charge in [0.25, 0.3) is 0 Å². The molecule has 0 unspecified atom stereocenters. The Bertz CT molecular complexity index is 705. The maximum Gasteiger partial charge on any atom is 0.407 e. The monoisotopic (exact) mass is 322 g/mol. The summed E-state index contributed by atoms with van der Waals surface area (Å²) in [6, 6.07) is 5.03. The first kappa shape index (κ1) is 17.0. The van der Waals surface area contributed by atoms with E-state index in [1.807, 2.05) is 20.8 Å². The van der Waals surface area contributed by atoms with E-state index < -0.39 is 17.7 Å². The zero-order valence-corrected chi connectivity index (χ0v) is 13.4. The van der Waals surface area contributed by atoms with Gasteiger partial charge in [-0.2, -0.15) is 0 Å².